The zero-order valence-corrected chi connectivity index (χ0v) is 16.4. The van der Waals surface area contributed by atoms with Crippen LogP contribution in [0.1, 0.15) is 0 Å². The predicted molar refractivity (Wildman–Crippen MR) is 106 cm³/mol. The number of nitrogens with zero attached hydrogens (tertiary/aromatic N) is 1. The van der Waals surface area contributed by atoms with Gasteiger partial charge < -0.3 is 10.2 Å². The summed E-state index contributed by atoms with van der Waals surface area (Å²) >= 11 is 7.75. The molecule has 0 aliphatic carbocycles. The van der Waals surface area contributed by atoms with Gasteiger partial charge in [-0.25, -0.2) is 13.1 Å². The molecule has 9 heteroatoms. The van der Waals surface area contributed by atoms with Gasteiger partial charge in [0.05, 0.1) is 15.6 Å². The molecule has 0 bridgehead atoms. The predicted octanol–water partition coefficient (Wildman–Crippen LogP) is 3.45. The summed E-state index contributed by atoms with van der Waals surface area (Å²) in [6.07, 6.45) is 1.96. The highest BCUT2D eigenvalue weighted by Crippen LogP contribution is 2.28. The first-order chi connectivity index (χ1) is 11.8. The van der Waals surface area contributed by atoms with Crippen molar-refractivity contribution >= 4 is 50.7 Å². The minimum Gasteiger partial charge on any atom is -0.325 e. The molecule has 0 amide bonds. The number of hydrogen-bond donors (Lipinski definition) is 3. The van der Waals surface area contributed by atoms with Crippen LogP contribution < -0.4 is 14.9 Å². The van der Waals surface area contributed by atoms with Crippen molar-refractivity contribution in [2.45, 2.75) is 9.79 Å². The molecular weight excluding hydrogens is 380 g/mol. The fraction of sp³-hybridized carbons (Fsp3) is 0.188. The maximum Gasteiger partial charge on any atom is 0.240 e. The third-order valence-corrected chi connectivity index (χ3v) is 6.01. The van der Waals surface area contributed by atoms with Crippen LogP contribution in [0.25, 0.3) is 0 Å². The van der Waals surface area contributed by atoms with Crippen molar-refractivity contribution in [3.63, 3.8) is 0 Å². The number of benzene rings is 2. The fourth-order valence-corrected chi connectivity index (χ4v) is 3.42. The van der Waals surface area contributed by atoms with Gasteiger partial charge in [0.15, 0.2) is 5.96 Å². The summed E-state index contributed by atoms with van der Waals surface area (Å²) < 4.78 is 26.1. The molecule has 0 unspecified atom stereocenters. The standard InChI is InChI=1S/C16H19ClN4O2S2/c1-19-25(22,23)13-6-4-5-11(9-13)21(2)16(18)20-15-10-12(24-3)7-8-14(15)17/h4-10,19H,1-3H3,(H2,18,20). The van der Waals surface area contributed by atoms with Crippen LogP contribution in [0.5, 0.6) is 0 Å². The van der Waals surface area contributed by atoms with Gasteiger partial charge in [-0.1, -0.05) is 17.7 Å². The van der Waals surface area contributed by atoms with Crippen LogP contribution >= 0.6 is 23.4 Å². The second-order valence-electron chi connectivity index (χ2n) is 5.08. The highest BCUT2D eigenvalue weighted by atomic mass is 35.5. The molecule has 0 spiro atoms. The van der Waals surface area contributed by atoms with Gasteiger partial charge in [0, 0.05) is 17.6 Å². The topological polar surface area (TPSA) is 85.3 Å². The van der Waals surface area contributed by atoms with Crippen molar-refractivity contribution in [3.05, 3.63) is 47.5 Å². The van der Waals surface area contributed by atoms with Crippen LogP contribution in [-0.2, 0) is 10.0 Å². The Morgan fingerprint density at radius 1 is 1.24 bits per heavy atom. The highest BCUT2D eigenvalue weighted by Gasteiger charge is 2.15. The lowest BCUT2D eigenvalue weighted by atomic mass is 10.3. The minimum atomic E-state index is -3.55. The Bertz CT molecular complexity index is 887. The average molecular weight is 399 g/mol. The number of thioether (sulfide) groups is 1. The van der Waals surface area contributed by atoms with Crippen molar-refractivity contribution in [1.29, 1.82) is 5.41 Å². The van der Waals surface area contributed by atoms with E-state index in [2.05, 4.69) is 10.0 Å². The second-order valence-corrected chi connectivity index (χ2v) is 8.26. The van der Waals surface area contributed by atoms with E-state index in [1.54, 1.807) is 37.0 Å². The van der Waals surface area contributed by atoms with Crippen LogP contribution in [0.2, 0.25) is 5.02 Å². The van der Waals surface area contributed by atoms with E-state index < -0.39 is 10.0 Å². The molecule has 134 valence electrons. The van der Waals surface area contributed by atoms with Gasteiger partial charge in [-0.2, -0.15) is 0 Å². The van der Waals surface area contributed by atoms with Gasteiger partial charge in [-0.05, 0) is 49.7 Å². The van der Waals surface area contributed by atoms with E-state index in [1.165, 1.54) is 24.1 Å². The first-order valence-electron chi connectivity index (χ1n) is 7.25. The molecule has 0 radical (unpaired) electrons. The lowest BCUT2D eigenvalue weighted by Gasteiger charge is -2.22. The Balaban J connectivity index is 2.25. The highest BCUT2D eigenvalue weighted by molar-refractivity contribution is 7.98. The number of rotatable bonds is 5. The van der Waals surface area contributed by atoms with Gasteiger partial charge in [0.25, 0.3) is 0 Å². The molecule has 2 aromatic rings. The van der Waals surface area contributed by atoms with Crippen LogP contribution in [-0.4, -0.2) is 34.7 Å². The van der Waals surface area contributed by atoms with Gasteiger partial charge in [0.1, 0.15) is 0 Å². The molecule has 0 aliphatic rings. The third kappa shape index (κ3) is 4.66. The summed E-state index contributed by atoms with van der Waals surface area (Å²) in [5.41, 5.74) is 1.18. The maximum atomic E-state index is 11.9. The van der Waals surface area contributed by atoms with Crippen molar-refractivity contribution in [2.24, 2.45) is 0 Å². The number of hydrogen-bond acceptors (Lipinski definition) is 4. The van der Waals surface area contributed by atoms with Crippen LogP contribution in [0, 0.1) is 5.41 Å². The lowest BCUT2D eigenvalue weighted by molar-refractivity contribution is 0.588. The van der Waals surface area contributed by atoms with E-state index in [0.717, 1.165) is 4.90 Å². The Morgan fingerprint density at radius 3 is 2.60 bits per heavy atom. The number of sulfonamides is 1. The Hall–Kier alpha value is -1.74. The second kappa shape index (κ2) is 8.09. The van der Waals surface area contributed by atoms with Crippen LogP contribution in [0.4, 0.5) is 11.4 Å². The zero-order chi connectivity index (χ0) is 18.6. The first-order valence-corrected chi connectivity index (χ1v) is 10.3. The summed E-state index contributed by atoms with van der Waals surface area (Å²) in [6.45, 7) is 0. The lowest BCUT2D eigenvalue weighted by Crippen LogP contribution is -2.32. The molecule has 0 fully saturated rings. The monoisotopic (exact) mass is 398 g/mol. The molecule has 2 rings (SSSR count). The van der Waals surface area contributed by atoms with Crippen molar-refractivity contribution in [1.82, 2.24) is 4.72 Å². The number of nitrogens with one attached hydrogen (secondary N) is 3. The molecule has 6 nitrogen and oxygen atoms in total. The summed E-state index contributed by atoms with van der Waals surface area (Å²) in [5, 5.41) is 11.7. The fourth-order valence-electron chi connectivity index (χ4n) is 2.04. The Kier molecular flexibility index (Phi) is 6.34. The van der Waals surface area contributed by atoms with Crippen LogP contribution in [0.3, 0.4) is 0 Å². The largest absolute Gasteiger partial charge is 0.325 e. The van der Waals surface area contributed by atoms with E-state index in [4.69, 9.17) is 17.0 Å². The van der Waals surface area contributed by atoms with E-state index in [0.29, 0.717) is 16.4 Å². The summed E-state index contributed by atoms with van der Waals surface area (Å²) in [4.78, 5) is 2.69. The van der Waals surface area contributed by atoms with Gasteiger partial charge in [0.2, 0.25) is 10.0 Å². The molecule has 0 aliphatic heterocycles. The molecule has 0 heterocycles. The Labute approximate surface area is 157 Å². The van der Waals surface area contributed by atoms with Gasteiger partial charge in [-0.15, -0.1) is 11.8 Å². The molecule has 25 heavy (non-hydrogen) atoms. The van der Waals surface area contributed by atoms with Crippen LogP contribution in [0.15, 0.2) is 52.3 Å². The van der Waals surface area contributed by atoms with Crippen molar-refractivity contribution in [2.75, 3.05) is 30.6 Å². The molecular formula is C16H19ClN4O2S2. The molecule has 2 aromatic carbocycles. The van der Waals surface area contributed by atoms with E-state index in [9.17, 15) is 8.42 Å². The number of anilines is 2. The first kappa shape index (κ1) is 19.6. The molecule has 0 saturated carbocycles. The quantitative estimate of drug-likeness (QED) is 0.408. The summed E-state index contributed by atoms with van der Waals surface area (Å²) in [5.74, 6) is 0.0687. The van der Waals surface area contributed by atoms with E-state index in [-0.39, 0.29) is 10.9 Å². The number of guanidine groups is 1. The zero-order valence-electron chi connectivity index (χ0n) is 14.0. The minimum absolute atomic E-state index is 0.0687. The molecule has 0 atom stereocenters. The molecule has 0 saturated heterocycles. The smallest absolute Gasteiger partial charge is 0.240 e. The summed E-state index contributed by atoms with van der Waals surface area (Å²) in [7, 11) is -0.515. The molecule has 3 N–H and O–H groups in total. The van der Waals surface area contributed by atoms with Crippen molar-refractivity contribution in [3.8, 4) is 0 Å². The van der Waals surface area contributed by atoms with E-state index in [1.807, 2.05) is 18.4 Å². The van der Waals surface area contributed by atoms with Gasteiger partial charge in [-0.3, -0.25) is 5.41 Å². The van der Waals surface area contributed by atoms with Crippen molar-refractivity contribution < 1.29 is 8.42 Å². The maximum absolute atomic E-state index is 11.9. The normalized spacial score (nSPS) is 11.2. The third-order valence-electron chi connectivity index (χ3n) is 3.55. The number of halogens is 1. The Morgan fingerprint density at radius 2 is 1.96 bits per heavy atom. The van der Waals surface area contributed by atoms with E-state index >= 15 is 0 Å². The molecule has 0 aromatic heterocycles. The average Bonchev–Trinajstić information content (AvgIpc) is 2.62. The summed E-state index contributed by atoms with van der Waals surface area (Å²) in [6, 6.07) is 11.9. The van der Waals surface area contributed by atoms with Gasteiger partial charge >= 0.3 is 0 Å². The SMILES string of the molecule is CNS(=O)(=O)c1cccc(N(C)C(=N)Nc2cc(SC)ccc2Cl)c1.